The third kappa shape index (κ3) is 14.5. The van der Waals surface area contributed by atoms with Crippen molar-refractivity contribution in [2.24, 2.45) is 29.6 Å². The van der Waals surface area contributed by atoms with E-state index in [-0.39, 0.29) is 43.1 Å². The second kappa shape index (κ2) is 25.4. The molecule has 3 aliphatic heterocycles. The molecule has 1 aliphatic carbocycles. The fraction of sp³-hybridized carbons (Fsp3) is 0.745. The number of nitrogens with zero attached hydrogens (tertiary/aromatic N) is 1. The fourth-order valence-corrected chi connectivity index (χ4v) is 9.92. The number of fused-ring (bicyclic) bond motifs is 3. The number of carbonyl (C=O) groups is 5. The van der Waals surface area contributed by atoms with Gasteiger partial charge in [0.25, 0.3) is 11.7 Å². The van der Waals surface area contributed by atoms with Gasteiger partial charge in [0, 0.05) is 64.4 Å². The van der Waals surface area contributed by atoms with Gasteiger partial charge >= 0.3 is 5.97 Å². The Balaban J connectivity index is 1.74. The molecule has 16 atom stereocenters. The van der Waals surface area contributed by atoms with Crippen LogP contribution in [0.25, 0.3) is 0 Å². The monoisotopic (exact) mass is 946 g/mol. The minimum Gasteiger partial charge on any atom is -0.460 e. The molecule has 67 heavy (non-hydrogen) atoms. The highest BCUT2D eigenvalue weighted by atomic mass is 16.6. The number of aliphatic hydroxyl groups excluding tert-OH is 4. The Morgan fingerprint density at radius 1 is 0.836 bits per heavy atom. The Morgan fingerprint density at radius 2 is 1.54 bits per heavy atom. The lowest BCUT2D eigenvalue weighted by Crippen LogP contribution is -2.61. The number of hydrogen-bond donors (Lipinski definition) is 5. The summed E-state index contributed by atoms with van der Waals surface area (Å²) in [4.78, 5) is 71.7. The fourth-order valence-electron chi connectivity index (χ4n) is 9.92. The van der Waals surface area contributed by atoms with Crippen molar-refractivity contribution in [1.82, 2.24) is 4.90 Å². The van der Waals surface area contributed by atoms with E-state index in [4.69, 9.17) is 23.7 Å². The van der Waals surface area contributed by atoms with Crippen molar-refractivity contribution in [3.05, 3.63) is 47.1 Å². The summed E-state index contributed by atoms with van der Waals surface area (Å²) < 4.78 is 29.1. The lowest BCUT2D eigenvalue weighted by Gasteiger charge is -2.42. The van der Waals surface area contributed by atoms with Crippen LogP contribution in [0.5, 0.6) is 0 Å². The molecule has 0 spiro atoms. The standard InChI is InChI=1S/C51H79NO15/c1-28-14-18-38(53)41(56)24-31(4)42(63-8)26-36-17-15-34(7)51(62,67-36)48(59)49(60)52-20-12-11-13-37(52)50(61)66-43(30(3)23-35-16-19-39(54)44(25-35)64-9)27-40(55)29(2)22-33(6)46(58)47(65-10)45(57)32(5)21-28/h14,18,22-24,28,30,32-34,36-39,41-44,46-47,53-54,56,58,62H,11-13,15-17,19-21,25-27H2,1-10H3/b18-14?,29-22-,31-24?,35-23?. The molecule has 16 nitrogen and oxygen atoms in total. The number of aliphatic hydroxyl groups is 5. The molecule has 378 valence electrons. The molecule has 16 heteroatoms. The Hall–Kier alpha value is -3.45. The lowest BCUT2D eigenvalue weighted by molar-refractivity contribution is -0.265. The average molecular weight is 946 g/mol. The molecule has 0 radical (unpaired) electrons. The topological polar surface area (TPSA) is 236 Å². The van der Waals surface area contributed by atoms with E-state index in [0.717, 1.165) is 10.5 Å². The van der Waals surface area contributed by atoms with Crippen LogP contribution in [0.4, 0.5) is 0 Å². The Labute approximate surface area is 396 Å². The summed E-state index contributed by atoms with van der Waals surface area (Å²) in [5, 5.41) is 55.7. The first-order valence-electron chi connectivity index (χ1n) is 24.1. The number of hydrogen-bond acceptors (Lipinski definition) is 15. The zero-order valence-electron chi connectivity index (χ0n) is 41.3. The second-order valence-corrected chi connectivity index (χ2v) is 19.7. The van der Waals surface area contributed by atoms with E-state index in [9.17, 15) is 49.5 Å². The summed E-state index contributed by atoms with van der Waals surface area (Å²) in [5.74, 6) is -9.24. The van der Waals surface area contributed by atoms with E-state index in [1.165, 1.54) is 33.5 Å². The molecule has 0 aromatic heterocycles. The third-order valence-electron chi connectivity index (χ3n) is 14.4. The van der Waals surface area contributed by atoms with E-state index in [1.54, 1.807) is 46.8 Å². The first-order valence-corrected chi connectivity index (χ1v) is 24.1. The first-order chi connectivity index (χ1) is 31.6. The van der Waals surface area contributed by atoms with Crippen LogP contribution in [0.2, 0.25) is 0 Å². The molecular weight excluding hydrogens is 867 g/mol. The van der Waals surface area contributed by atoms with Crippen LogP contribution in [-0.4, -0.2) is 154 Å². The van der Waals surface area contributed by atoms with Crippen LogP contribution in [0, 0.1) is 29.6 Å². The van der Waals surface area contributed by atoms with Crippen LogP contribution < -0.4 is 0 Å². The average Bonchev–Trinajstić information content (AvgIpc) is 3.30. The van der Waals surface area contributed by atoms with Crippen LogP contribution in [0.1, 0.15) is 119 Å². The Kier molecular flexibility index (Phi) is 21.3. The van der Waals surface area contributed by atoms with Crippen molar-refractivity contribution in [3.63, 3.8) is 0 Å². The van der Waals surface area contributed by atoms with Gasteiger partial charge in [0.15, 0.2) is 11.6 Å². The highest BCUT2D eigenvalue weighted by Gasteiger charge is 2.53. The van der Waals surface area contributed by atoms with E-state index in [2.05, 4.69) is 0 Å². The van der Waals surface area contributed by atoms with Crippen molar-refractivity contribution in [1.29, 1.82) is 0 Å². The first kappa shape index (κ1) is 56.1. The zero-order chi connectivity index (χ0) is 49.9. The molecule has 16 unspecified atom stereocenters. The highest BCUT2D eigenvalue weighted by molar-refractivity contribution is 6.39. The molecule has 0 aromatic rings. The van der Waals surface area contributed by atoms with Crippen molar-refractivity contribution in [2.45, 2.75) is 186 Å². The van der Waals surface area contributed by atoms with E-state index >= 15 is 0 Å². The van der Waals surface area contributed by atoms with Crippen molar-refractivity contribution < 1.29 is 73.2 Å². The zero-order valence-corrected chi connectivity index (χ0v) is 41.3. The van der Waals surface area contributed by atoms with Crippen molar-refractivity contribution >= 4 is 29.2 Å². The van der Waals surface area contributed by atoms with Crippen LogP contribution in [-0.2, 0) is 47.7 Å². The molecule has 1 saturated carbocycles. The maximum absolute atomic E-state index is 14.4. The maximum Gasteiger partial charge on any atom is 0.329 e. The van der Waals surface area contributed by atoms with E-state index in [1.807, 2.05) is 19.9 Å². The second-order valence-electron chi connectivity index (χ2n) is 19.7. The van der Waals surface area contributed by atoms with E-state index < -0.39 is 114 Å². The van der Waals surface area contributed by atoms with Crippen molar-refractivity contribution in [3.8, 4) is 0 Å². The number of carbonyl (C=O) groups excluding carboxylic acids is 5. The molecule has 0 aromatic carbocycles. The number of amides is 1. The number of methoxy groups -OCH3 is 3. The summed E-state index contributed by atoms with van der Waals surface area (Å²) in [6.07, 6.45) is 2.93. The number of ketones is 3. The highest BCUT2D eigenvalue weighted by Crippen LogP contribution is 2.37. The van der Waals surface area contributed by atoms with Gasteiger partial charge in [0.05, 0.1) is 30.5 Å². The van der Waals surface area contributed by atoms with Gasteiger partial charge in [0.1, 0.15) is 30.5 Å². The number of ether oxygens (including phenoxy) is 5. The summed E-state index contributed by atoms with van der Waals surface area (Å²) in [5.41, 5.74) is 1.75. The molecule has 1 amide bonds. The number of cyclic esters (lactones) is 1. The minimum atomic E-state index is -2.52. The molecule has 3 heterocycles. The normalized spacial score (nSPS) is 39.8. The summed E-state index contributed by atoms with van der Waals surface area (Å²) >= 11 is 0. The Morgan fingerprint density at radius 3 is 2.19 bits per heavy atom. The summed E-state index contributed by atoms with van der Waals surface area (Å²) in [6.45, 7) is 12.0. The predicted molar refractivity (Wildman–Crippen MR) is 248 cm³/mol. The van der Waals surface area contributed by atoms with E-state index in [0.29, 0.717) is 56.9 Å². The number of esters is 1. The van der Waals surface area contributed by atoms with Gasteiger partial charge in [-0.1, -0.05) is 70.6 Å². The molecule has 4 rings (SSSR count). The number of allylic oxidation sites excluding steroid dienone is 2. The molecule has 2 saturated heterocycles. The maximum atomic E-state index is 14.4. The van der Waals surface area contributed by atoms with Gasteiger partial charge in [0.2, 0.25) is 5.79 Å². The molecule has 3 fully saturated rings. The predicted octanol–water partition coefficient (Wildman–Crippen LogP) is 4.27. The summed E-state index contributed by atoms with van der Waals surface area (Å²) in [7, 11) is 4.32. The minimum absolute atomic E-state index is 0.0337. The Bertz CT molecular complexity index is 1840. The van der Waals surface area contributed by atoms with Crippen LogP contribution in [0.3, 0.4) is 0 Å². The summed E-state index contributed by atoms with van der Waals surface area (Å²) in [6, 6.07) is -1.21. The molecule has 2 bridgehead atoms. The van der Waals surface area contributed by atoms with Gasteiger partial charge in [-0.05, 0) is 88.7 Å². The van der Waals surface area contributed by atoms with Crippen molar-refractivity contribution in [2.75, 3.05) is 27.9 Å². The molecule has 4 aliphatic rings. The quantitative estimate of drug-likeness (QED) is 0.147. The van der Waals surface area contributed by atoms with Gasteiger partial charge in [-0.25, -0.2) is 4.79 Å². The lowest BCUT2D eigenvalue weighted by atomic mass is 9.85. The van der Waals surface area contributed by atoms with Gasteiger partial charge < -0.3 is 54.1 Å². The van der Waals surface area contributed by atoms with Gasteiger partial charge in [-0.3, -0.25) is 19.2 Å². The van der Waals surface area contributed by atoms with Gasteiger partial charge in [-0.15, -0.1) is 0 Å². The van der Waals surface area contributed by atoms with Crippen LogP contribution >= 0.6 is 0 Å². The van der Waals surface area contributed by atoms with Crippen LogP contribution in [0.15, 0.2) is 47.1 Å². The smallest absolute Gasteiger partial charge is 0.329 e. The number of rotatable bonds is 5. The third-order valence-corrected chi connectivity index (χ3v) is 14.4. The SMILES string of the molecule is COC1CC2CCC(C)C(O)(O2)C(=O)C(=O)N2CCCCC2C(=O)OC(C(C)C=C2CCC(O)C(OC)C2)CC(=O)/C(C)=C\C(C)C(O)C(OC)C(=O)C(C)CC(C)C=CC(O)C(O)C=C1C. The number of Topliss-reactive ketones (excluding diaryl/α,β-unsaturated/α-hetero) is 3. The van der Waals surface area contributed by atoms with Gasteiger partial charge in [-0.2, -0.15) is 0 Å². The number of piperidine rings is 1. The molecular formula is C51H79NO15. The molecule has 5 N–H and O–H groups in total. The largest absolute Gasteiger partial charge is 0.460 e.